The highest BCUT2D eigenvalue weighted by Crippen LogP contribution is 2.27. The molecule has 0 unspecified atom stereocenters. The summed E-state index contributed by atoms with van der Waals surface area (Å²) in [5.41, 5.74) is 3.65. The number of carbonyl (C=O) groups is 1. The third-order valence-electron chi connectivity index (χ3n) is 3.98. The zero-order valence-corrected chi connectivity index (χ0v) is 16.7. The maximum absolute atomic E-state index is 12.7. The van der Waals surface area contributed by atoms with E-state index in [2.05, 4.69) is 15.6 Å². The molecule has 0 aliphatic heterocycles. The average molecular weight is 396 g/mol. The van der Waals surface area contributed by atoms with Gasteiger partial charge in [0.2, 0.25) is 0 Å². The minimum atomic E-state index is -0.265. The predicted molar refractivity (Wildman–Crippen MR) is 114 cm³/mol. The van der Waals surface area contributed by atoms with Crippen molar-refractivity contribution in [3.05, 3.63) is 77.1 Å². The molecule has 28 heavy (non-hydrogen) atoms. The lowest BCUT2D eigenvalue weighted by molar-refractivity contribution is 0.102. The Morgan fingerprint density at radius 2 is 1.86 bits per heavy atom. The largest absolute Gasteiger partial charge is 0.489 e. The Hall–Kier alpha value is -3.05. The monoisotopic (exact) mass is 395 g/mol. The quantitative estimate of drug-likeness (QED) is 0.551. The molecule has 0 fully saturated rings. The average Bonchev–Trinajstić information content (AvgIpc) is 2.66. The lowest BCUT2D eigenvalue weighted by atomic mass is 10.2. The van der Waals surface area contributed by atoms with Gasteiger partial charge in [-0.25, -0.2) is 0 Å². The van der Waals surface area contributed by atoms with Crippen molar-refractivity contribution in [3.8, 4) is 5.75 Å². The zero-order chi connectivity index (χ0) is 20.1. The normalized spacial score (nSPS) is 10.6. The van der Waals surface area contributed by atoms with Crippen LogP contribution in [0.3, 0.4) is 0 Å². The van der Waals surface area contributed by atoms with Crippen LogP contribution in [0.4, 0.5) is 17.1 Å². The van der Waals surface area contributed by atoms with Crippen molar-refractivity contribution in [2.75, 3.05) is 10.6 Å². The summed E-state index contributed by atoms with van der Waals surface area (Å²) >= 11 is 6.07. The number of carbonyl (C=O) groups excluding carboxylic acids is 1. The van der Waals surface area contributed by atoms with Crippen LogP contribution in [0.25, 0.3) is 0 Å². The standard InChI is InChI=1S/C22H22ClN3O2/c1-14(2)28-21-7-5-4-6-19(21)26-22(27)16-10-18(13-24-12-16)25-20-11-17(23)9-8-15(20)3/h4-14,25H,1-3H3,(H,26,27). The SMILES string of the molecule is Cc1ccc(Cl)cc1Nc1cncc(C(=O)Nc2ccccc2OC(C)C)c1. The van der Waals surface area contributed by atoms with Gasteiger partial charge in [-0.15, -0.1) is 0 Å². The summed E-state index contributed by atoms with van der Waals surface area (Å²) in [5.74, 6) is 0.362. The van der Waals surface area contributed by atoms with Gasteiger partial charge in [0.1, 0.15) is 5.75 Å². The smallest absolute Gasteiger partial charge is 0.257 e. The molecular formula is C22H22ClN3O2. The van der Waals surface area contributed by atoms with Crippen molar-refractivity contribution in [1.82, 2.24) is 4.98 Å². The maximum atomic E-state index is 12.7. The molecule has 0 spiro atoms. The van der Waals surface area contributed by atoms with Crippen LogP contribution in [0, 0.1) is 6.92 Å². The zero-order valence-electron chi connectivity index (χ0n) is 16.0. The lowest BCUT2D eigenvalue weighted by Gasteiger charge is -2.15. The van der Waals surface area contributed by atoms with Crippen molar-refractivity contribution in [1.29, 1.82) is 0 Å². The van der Waals surface area contributed by atoms with Gasteiger partial charge in [0.15, 0.2) is 0 Å². The number of anilines is 3. The molecule has 6 heteroatoms. The van der Waals surface area contributed by atoms with Crippen LogP contribution in [0.2, 0.25) is 5.02 Å². The van der Waals surface area contributed by atoms with E-state index in [1.54, 1.807) is 18.3 Å². The van der Waals surface area contributed by atoms with Crippen molar-refractivity contribution in [2.45, 2.75) is 26.9 Å². The molecule has 144 valence electrons. The van der Waals surface area contributed by atoms with E-state index in [1.165, 1.54) is 6.20 Å². The van der Waals surface area contributed by atoms with Gasteiger partial charge >= 0.3 is 0 Å². The number of benzene rings is 2. The number of ether oxygens (including phenoxy) is 1. The Kier molecular flexibility index (Phi) is 6.16. The van der Waals surface area contributed by atoms with Gasteiger partial charge in [-0.3, -0.25) is 9.78 Å². The molecule has 1 amide bonds. The summed E-state index contributed by atoms with van der Waals surface area (Å²) in [7, 11) is 0. The van der Waals surface area contributed by atoms with Crippen molar-refractivity contribution in [2.24, 2.45) is 0 Å². The van der Waals surface area contributed by atoms with E-state index in [1.807, 2.05) is 57.2 Å². The molecule has 5 nitrogen and oxygen atoms in total. The topological polar surface area (TPSA) is 63.2 Å². The van der Waals surface area contributed by atoms with Crippen molar-refractivity contribution in [3.63, 3.8) is 0 Å². The minimum Gasteiger partial charge on any atom is -0.489 e. The molecule has 3 rings (SSSR count). The fourth-order valence-corrected chi connectivity index (χ4v) is 2.81. The number of pyridine rings is 1. The molecule has 0 saturated carbocycles. The highest BCUT2D eigenvalue weighted by molar-refractivity contribution is 6.30. The highest BCUT2D eigenvalue weighted by atomic mass is 35.5. The van der Waals surface area contributed by atoms with Crippen LogP contribution < -0.4 is 15.4 Å². The fourth-order valence-electron chi connectivity index (χ4n) is 2.64. The summed E-state index contributed by atoms with van der Waals surface area (Å²) in [4.78, 5) is 16.9. The first-order valence-electron chi connectivity index (χ1n) is 8.97. The number of para-hydroxylation sites is 2. The Balaban J connectivity index is 1.79. The molecule has 0 saturated heterocycles. The number of halogens is 1. The number of rotatable bonds is 6. The number of aryl methyl sites for hydroxylation is 1. The molecule has 0 aliphatic rings. The molecular weight excluding hydrogens is 374 g/mol. The second-order valence-corrected chi connectivity index (χ2v) is 7.10. The third-order valence-corrected chi connectivity index (χ3v) is 4.21. The molecule has 1 heterocycles. The van der Waals surface area contributed by atoms with Crippen LogP contribution in [0.5, 0.6) is 5.75 Å². The van der Waals surface area contributed by atoms with E-state index < -0.39 is 0 Å². The highest BCUT2D eigenvalue weighted by Gasteiger charge is 2.12. The first kappa shape index (κ1) is 19.7. The summed E-state index contributed by atoms with van der Waals surface area (Å²) in [6.07, 6.45) is 3.19. The van der Waals surface area contributed by atoms with Crippen LogP contribution in [-0.2, 0) is 0 Å². The van der Waals surface area contributed by atoms with Gasteiger partial charge in [0.25, 0.3) is 5.91 Å². The van der Waals surface area contributed by atoms with E-state index in [9.17, 15) is 4.79 Å². The Morgan fingerprint density at radius 3 is 2.64 bits per heavy atom. The Morgan fingerprint density at radius 1 is 1.07 bits per heavy atom. The molecule has 3 aromatic rings. The number of nitrogens with one attached hydrogen (secondary N) is 2. The lowest BCUT2D eigenvalue weighted by Crippen LogP contribution is -2.15. The maximum Gasteiger partial charge on any atom is 0.257 e. The van der Waals surface area contributed by atoms with Crippen molar-refractivity contribution < 1.29 is 9.53 Å². The third kappa shape index (κ3) is 5.02. The second-order valence-electron chi connectivity index (χ2n) is 6.66. The summed E-state index contributed by atoms with van der Waals surface area (Å²) in [5, 5.41) is 6.78. The summed E-state index contributed by atoms with van der Waals surface area (Å²) in [6.45, 7) is 5.86. The van der Waals surface area contributed by atoms with Crippen molar-refractivity contribution >= 4 is 34.6 Å². The van der Waals surface area contributed by atoms with E-state index in [0.717, 1.165) is 11.3 Å². The first-order valence-corrected chi connectivity index (χ1v) is 9.35. The van der Waals surface area contributed by atoms with Gasteiger partial charge in [-0.05, 0) is 56.7 Å². The number of amides is 1. The van der Waals surface area contributed by atoms with Crippen LogP contribution in [0.1, 0.15) is 29.8 Å². The van der Waals surface area contributed by atoms with Gasteiger partial charge in [0, 0.05) is 16.9 Å². The molecule has 0 aliphatic carbocycles. The van der Waals surface area contributed by atoms with Gasteiger partial charge in [-0.2, -0.15) is 0 Å². The molecule has 1 aromatic heterocycles. The number of hydrogen-bond acceptors (Lipinski definition) is 4. The van der Waals surface area contributed by atoms with Crippen LogP contribution in [-0.4, -0.2) is 17.0 Å². The predicted octanol–water partition coefficient (Wildman–Crippen LogP) is 5.83. The molecule has 0 bridgehead atoms. The minimum absolute atomic E-state index is 0.00758. The van der Waals surface area contributed by atoms with Crippen LogP contribution >= 0.6 is 11.6 Å². The Bertz CT molecular complexity index is 989. The first-order chi connectivity index (χ1) is 13.4. The van der Waals surface area contributed by atoms with E-state index in [-0.39, 0.29) is 12.0 Å². The summed E-state index contributed by atoms with van der Waals surface area (Å²) < 4.78 is 5.75. The van der Waals surface area contributed by atoms with Gasteiger partial charge in [-0.1, -0.05) is 29.8 Å². The molecule has 2 aromatic carbocycles. The van der Waals surface area contributed by atoms with E-state index in [4.69, 9.17) is 16.3 Å². The van der Waals surface area contributed by atoms with Gasteiger partial charge in [0.05, 0.1) is 29.2 Å². The second kappa shape index (κ2) is 8.76. The number of nitrogens with zero attached hydrogens (tertiary/aromatic N) is 1. The molecule has 0 radical (unpaired) electrons. The number of aromatic nitrogens is 1. The van der Waals surface area contributed by atoms with Crippen LogP contribution in [0.15, 0.2) is 60.9 Å². The van der Waals surface area contributed by atoms with E-state index >= 15 is 0 Å². The number of hydrogen-bond donors (Lipinski definition) is 2. The summed E-state index contributed by atoms with van der Waals surface area (Å²) in [6, 6.07) is 14.7. The fraction of sp³-hybridized carbons (Fsp3) is 0.182. The molecule has 2 N–H and O–H groups in total. The van der Waals surface area contributed by atoms with Gasteiger partial charge < -0.3 is 15.4 Å². The van der Waals surface area contributed by atoms with E-state index in [0.29, 0.717) is 27.7 Å². The Labute approximate surface area is 169 Å². The molecule has 0 atom stereocenters.